The van der Waals surface area contributed by atoms with Gasteiger partial charge >= 0.3 is 0 Å². The van der Waals surface area contributed by atoms with Crippen LogP contribution in [0.1, 0.15) is 12.5 Å². The van der Waals surface area contributed by atoms with E-state index in [1.165, 1.54) is 6.92 Å². The number of halogens is 3. The Morgan fingerprint density at radius 3 is 2.07 bits per heavy atom. The van der Waals surface area contributed by atoms with Crippen molar-refractivity contribution in [1.29, 1.82) is 0 Å². The number of rotatable bonds is 2. The van der Waals surface area contributed by atoms with Crippen LogP contribution in [0.5, 0.6) is 0 Å². The molecule has 5 heteroatoms. The number of hydrogen-bond acceptors (Lipinski definition) is 2. The fraction of sp³-hybridized carbons (Fsp3) is 0.333. The Bertz CT molecular complexity index is 329. The SMILES string of the molecule is CC(O)(CN)c1cc(F)c(F)c(F)c1. The van der Waals surface area contributed by atoms with Gasteiger partial charge in [0, 0.05) is 6.54 Å². The topological polar surface area (TPSA) is 46.2 Å². The van der Waals surface area contributed by atoms with Crippen molar-refractivity contribution >= 4 is 0 Å². The van der Waals surface area contributed by atoms with Crippen LogP contribution in [0.4, 0.5) is 13.2 Å². The summed E-state index contributed by atoms with van der Waals surface area (Å²) in [6.45, 7) is 1.08. The van der Waals surface area contributed by atoms with Gasteiger partial charge in [0.2, 0.25) is 0 Å². The molecule has 0 saturated carbocycles. The van der Waals surface area contributed by atoms with E-state index < -0.39 is 23.1 Å². The molecule has 0 amide bonds. The normalized spacial score (nSPS) is 15.3. The largest absolute Gasteiger partial charge is 0.384 e. The maximum Gasteiger partial charge on any atom is 0.194 e. The van der Waals surface area contributed by atoms with Crippen molar-refractivity contribution in [1.82, 2.24) is 0 Å². The quantitative estimate of drug-likeness (QED) is 0.714. The smallest absolute Gasteiger partial charge is 0.194 e. The first-order valence-corrected chi connectivity index (χ1v) is 3.96. The molecule has 14 heavy (non-hydrogen) atoms. The lowest BCUT2D eigenvalue weighted by atomic mass is 9.96. The lowest BCUT2D eigenvalue weighted by Gasteiger charge is -2.21. The van der Waals surface area contributed by atoms with Crippen molar-refractivity contribution in [3.63, 3.8) is 0 Å². The summed E-state index contributed by atoms with van der Waals surface area (Å²) < 4.78 is 38.0. The van der Waals surface area contributed by atoms with Gasteiger partial charge in [-0.05, 0) is 24.6 Å². The van der Waals surface area contributed by atoms with Crippen LogP contribution in [0.2, 0.25) is 0 Å². The van der Waals surface area contributed by atoms with E-state index in [1.54, 1.807) is 0 Å². The number of aliphatic hydroxyl groups is 1. The molecule has 0 saturated heterocycles. The Morgan fingerprint density at radius 2 is 1.71 bits per heavy atom. The molecule has 1 atom stereocenters. The highest BCUT2D eigenvalue weighted by atomic mass is 19.2. The number of benzene rings is 1. The molecule has 0 heterocycles. The van der Waals surface area contributed by atoms with Gasteiger partial charge in [0.05, 0.1) is 5.60 Å². The van der Waals surface area contributed by atoms with E-state index in [-0.39, 0.29) is 12.1 Å². The van der Waals surface area contributed by atoms with Gasteiger partial charge in [-0.25, -0.2) is 13.2 Å². The molecule has 0 aliphatic rings. The van der Waals surface area contributed by atoms with Gasteiger partial charge in [-0.2, -0.15) is 0 Å². The zero-order chi connectivity index (χ0) is 10.9. The monoisotopic (exact) mass is 205 g/mol. The summed E-state index contributed by atoms with van der Waals surface area (Å²) in [5.41, 5.74) is 3.54. The van der Waals surface area contributed by atoms with Crippen LogP contribution in [0.25, 0.3) is 0 Å². The van der Waals surface area contributed by atoms with Crippen LogP contribution >= 0.6 is 0 Å². The molecule has 1 aromatic carbocycles. The predicted molar refractivity (Wildman–Crippen MR) is 44.9 cm³/mol. The highest BCUT2D eigenvalue weighted by molar-refractivity contribution is 5.25. The van der Waals surface area contributed by atoms with Crippen molar-refractivity contribution in [3.8, 4) is 0 Å². The first-order valence-electron chi connectivity index (χ1n) is 3.96. The average molecular weight is 205 g/mol. The average Bonchev–Trinajstić information content (AvgIpc) is 2.13. The molecule has 1 rings (SSSR count). The third-order valence-electron chi connectivity index (χ3n) is 2.00. The van der Waals surface area contributed by atoms with Gasteiger partial charge in [0.15, 0.2) is 17.5 Å². The van der Waals surface area contributed by atoms with Gasteiger partial charge in [-0.15, -0.1) is 0 Å². The second-order valence-electron chi connectivity index (χ2n) is 3.23. The third-order valence-corrected chi connectivity index (χ3v) is 2.00. The fourth-order valence-electron chi connectivity index (χ4n) is 0.984. The van der Waals surface area contributed by atoms with Crippen molar-refractivity contribution in [2.75, 3.05) is 6.54 Å². The molecular formula is C9H10F3NO. The maximum atomic E-state index is 12.7. The van der Waals surface area contributed by atoms with Crippen LogP contribution in [0, 0.1) is 17.5 Å². The molecule has 1 aromatic rings. The van der Waals surface area contributed by atoms with Crippen molar-refractivity contribution in [3.05, 3.63) is 35.1 Å². The Kier molecular flexibility index (Phi) is 2.82. The van der Waals surface area contributed by atoms with E-state index in [9.17, 15) is 18.3 Å². The van der Waals surface area contributed by atoms with E-state index in [4.69, 9.17) is 5.73 Å². The first kappa shape index (κ1) is 11.0. The van der Waals surface area contributed by atoms with E-state index >= 15 is 0 Å². The summed E-state index contributed by atoms with van der Waals surface area (Å²) in [5, 5.41) is 9.55. The van der Waals surface area contributed by atoms with Crippen LogP contribution in [0.15, 0.2) is 12.1 Å². The Labute approximate surface area is 79.2 Å². The summed E-state index contributed by atoms with van der Waals surface area (Å²) in [4.78, 5) is 0. The zero-order valence-electron chi connectivity index (χ0n) is 7.52. The summed E-state index contributed by atoms with van der Waals surface area (Å²) >= 11 is 0. The minimum Gasteiger partial charge on any atom is -0.384 e. The molecule has 0 bridgehead atoms. The highest BCUT2D eigenvalue weighted by Gasteiger charge is 2.24. The molecule has 3 N–H and O–H groups in total. The summed E-state index contributed by atoms with van der Waals surface area (Å²) in [7, 11) is 0. The molecule has 0 fully saturated rings. The molecule has 0 aliphatic carbocycles. The van der Waals surface area contributed by atoms with Crippen LogP contribution in [-0.4, -0.2) is 11.7 Å². The lowest BCUT2D eigenvalue weighted by molar-refractivity contribution is 0.0659. The molecular weight excluding hydrogens is 195 g/mol. The van der Waals surface area contributed by atoms with Crippen LogP contribution < -0.4 is 5.73 Å². The number of nitrogens with two attached hydrogens (primary N) is 1. The summed E-state index contributed by atoms with van der Waals surface area (Å²) in [5.74, 6) is -4.23. The van der Waals surface area contributed by atoms with Gasteiger partial charge in [0.1, 0.15) is 0 Å². The van der Waals surface area contributed by atoms with Gasteiger partial charge in [-0.1, -0.05) is 0 Å². The van der Waals surface area contributed by atoms with Gasteiger partial charge in [0.25, 0.3) is 0 Å². The third kappa shape index (κ3) is 1.88. The Hall–Kier alpha value is -1.07. The fourth-order valence-corrected chi connectivity index (χ4v) is 0.984. The second-order valence-corrected chi connectivity index (χ2v) is 3.23. The molecule has 0 spiro atoms. The molecule has 0 aliphatic heterocycles. The van der Waals surface area contributed by atoms with Crippen LogP contribution in [0.3, 0.4) is 0 Å². The van der Waals surface area contributed by atoms with E-state index in [0.717, 1.165) is 12.1 Å². The van der Waals surface area contributed by atoms with E-state index in [0.29, 0.717) is 0 Å². The molecule has 78 valence electrons. The molecule has 0 aromatic heterocycles. The van der Waals surface area contributed by atoms with Crippen molar-refractivity contribution in [2.24, 2.45) is 5.73 Å². The first-order chi connectivity index (χ1) is 6.38. The molecule has 0 radical (unpaired) electrons. The minimum atomic E-state index is -1.56. The van der Waals surface area contributed by atoms with Crippen molar-refractivity contribution < 1.29 is 18.3 Å². The Balaban J connectivity index is 3.26. The van der Waals surface area contributed by atoms with Gasteiger partial charge < -0.3 is 10.8 Å². The lowest BCUT2D eigenvalue weighted by Crippen LogP contribution is -2.31. The molecule has 1 unspecified atom stereocenters. The van der Waals surface area contributed by atoms with Gasteiger partial charge in [-0.3, -0.25) is 0 Å². The van der Waals surface area contributed by atoms with E-state index in [1.807, 2.05) is 0 Å². The highest BCUT2D eigenvalue weighted by Crippen LogP contribution is 2.23. The number of hydrogen-bond donors (Lipinski definition) is 2. The minimum absolute atomic E-state index is 0.0867. The molecule has 2 nitrogen and oxygen atoms in total. The summed E-state index contributed by atoms with van der Waals surface area (Å²) in [6.07, 6.45) is 0. The summed E-state index contributed by atoms with van der Waals surface area (Å²) in [6, 6.07) is 1.45. The zero-order valence-corrected chi connectivity index (χ0v) is 7.52. The van der Waals surface area contributed by atoms with E-state index in [2.05, 4.69) is 0 Å². The second kappa shape index (κ2) is 3.59. The Morgan fingerprint density at radius 1 is 1.29 bits per heavy atom. The van der Waals surface area contributed by atoms with Crippen molar-refractivity contribution in [2.45, 2.75) is 12.5 Å². The van der Waals surface area contributed by atoms with Crippen LogP contribution in [-0.2, 0) is 5.60 Å². The predicted octanol–water partition coefficient (Wildman–Crippen LogP) is 1.27. The maximum absolute atomic E-state index is 12.7. The standard InChI is InChI=1S/C9H10F3NO/c1-9(14,4-13)5-2-6(10)8(12)7(11)3-5/h2-3,14H,4,13H2,1H3.